The van der Waals surface area contributed by atoms with E-state index in [4.69, 9.17) is 15.6 Å². The van der Waals surface area contributed by atoms with Crippen molar-refractivity contribution in [3.8, 4) is 0 Å². The van der Waals surface area contributed by atoms with Crippen molar-refractivity contribution in [2.45, 2.75) is 0 Å². The van der Waals surface area contributed by atoms with Gasteiger partial charge in [-0.25, -0.2) is 0 Å². The van der Waals surface area contributed by atoms with Crippen molar-refractivity contribution in [1.82, 2.24) is 4.98 Å². The van der Waals surface area contributed by atoms with Crippen molar-refractivity contribution in [2.75, 3.05) is 11.1 Å². The summed E-state index contributed by atoms with van der Waals surface area (Å²) in [7, 11) is 0. The molecule has 0 aliphatic rings. The molecule has 3 heterocycles. The Labute approximate surface area is 152 Å². The fraction of sp³-hybridized carbons (Fsp3) is 0. The zero-order valence-electron chi connectivity index (χ0n) is 13.5. The van der Waals surface area contributed by atoms with E-state index in [-0.39, 0.29) is 11.6 Å². The number of furan rings is 1. The summed E-state index contributed by atoms with van der Waals surface area (Å²) in [6.45, 7) is 0. The van der Waals surface area contributed by atoms with Crippen LogP contribution in [-0.4, -0.2) is 16.6 Å². The van der Waals surface area contributed by atoms with E-state index in [0.717, 1.165) is 10.2 Å². The lowest BCUT2D eigenvalue weighted by Gasteiger charge is -2.10. The zero-order valence-corrected chi connectivity index (χ0v) is 14.3. The van der Waals surface area contributed by atoms with Gasteiger partial charge in [0.2, 0.25) is 0 Å². The summed E-state index contributed by atoms with van der Waals surface area (Å²) in [5.41, 5.74) is 9.20. The van der Waals surface area contributed by atoms with Crippen LogP contribution in [0.1, 0.15) is 20.8 Å². The van der Waals surface area contributed by atoms with Crippen LogP contribution in [0.25, 0.3) is 10.2 Å². The van der Waals surface area contributed by atoms with Gasteiger partial charge >= 0.3 is 0 Å². The molecule has 0 atom stereocenters. The summed E-state index contributed by atoms with van der Waals surface area (Å²) in [5.74, 6) is -0.224. The molecule has 0 bridgehead atoms. The molecule has 0 fully saturated rings. The van der Waals surface area contributed by atoms with E-state index >= 15 is 0 Å². The molecule has 0 unspecified atom stereocenters. The highest BCUT2D eigenvalue weighted by Crippen LogP contribution is 2.26. The highest BCUT2D eigenvalue weighted by Gasteiger charge is 2.14. The number of hydrogen-bond acceptors (Lipinski definition) is 6. The number of rotatable bonds is 4. The summed E-state index contributed by atoms with van der Waals surface area (Å²) in [4.78, 5) is 17.4. The van der Waals surface area contributed by atoms with Gasteiger partial charge in [-0.1, -0.05) is 0 Å². The highest BCUT2D eigenvalue weighted by atomic mass is 32.1. The fourth-order valence-corrected chi connectivity index (χ4v) is 3.50. The van der Waals surface area contributed by atoms with Crippen molar-refractivity contribution < 1.29 is 9.21 Å². The Balaban J connectivity index is 1.61. The first-order chi connectivity index (χ1) is 12.6. The van der Waals surface area contributed by atoms with Gasteiger partial charge in [0, 0.05) is 28.7 Å². The third-order valence-corrected chi connectivity index (χ3v) is 4.99. The number of nitrogens with zero attached hydrogens (tertiary/aromatic N) is 1. The molecular formula is C19H14N4O2S. The number of pyridine rings is 1. The number of thiophene rings is 1. The zero-order chi connectivity index (χ0) is 18.1. The van der Waals surface area contributed by atoms with Crippen LogP contribution in [-0.2, 0) is 0 Å². The first-order valence-electron chi connectivity index (χ1n) is 7.79. The van der Waals surface area contributed by atoms with Crippen LogP contribution in [0.5, 0.6) is 0 Å². The Bertz CT molecular complexity index is 1080. The molecule has 0 radical (unpaired) electrons. The number of anilines is 2. The summed E-state index contributed by atoms with van der Waals surface area (Å²) >= 11 is 1.38. The topological polar surface area (TPSA) is 105 Å². The predicted molar refractivity (Wildman–Crippen MR) is 103 cm³/mol. The van der Waals surface area contributed by atoms with Gasteiger partial charge in [-0.05, 0) is 42.5 Å². The molecule has 4 N–H and O–H groups in total. The average Bonchev–Trinajstić information content (AvgIpc) is 3.32. The molecule has 1 amide bonds. The lowest BCUT2D eigenvalue weighted by Crippen LogP contribution is -2.12. The maximum atomic E-state index is 12.6. The number of hydrogen-bond donors (Lipinski definition) is 3. The second kappa shape index (κ2) is 6.45. The van der Waals surface area contributed by atoms with Gasteiger partial charge in [-0.2, -0.15) is 0 Å². The fourth-order valence-electron chi connectivity index (χ4n) is 2.59. The van der Waals surface area contributed by atoms with E-state index in [1.54, 1.807) is 36.5 Å². The smallest absolute Gasteiger partial charge is 0.265 e. The number of fused-ring (bicyclic) bond motifs is 1. The molecule has 4 rings (SSSR count). The van der Waals surface area contributed by atoms with Crippen LogP contribution >= 0.6 is 11.3 Å². The minimum Gasteiger partial charge on any atom is -0.472 e. The SMILES string of the molecule is N=C(c1ccoc1)c1cc(NC(=O)c2cc3ncccc3s2)ccc1N. The number of nitrogen functional groups attached to an aromatic ring is 1. The van der Waals surface area contributed by atoms with Crippen molar-refractivity contribution in [2.24, 2.45) is 0 Å². The molecule has 1 aromatic carbocycles. The lowest BCUT2D eigenvalue weighted by molar-refractivity contribution is 0.103. The molecule has 0 spiro atoms. The van der Waals surface area contributed by atoms with Crippen LogP contribution in [0, 0.1) is 5.41 Å². The van der Waals surface area contributed by atoms with Crippen molar-refractivity contribution in [3.05, 3.63) is 77.2 Å². The van der Waals surface area contributed by atoms with E-state index in [9.17, 15) is 4.79 Å². The molecule has 128 valence electrons. The first kappa shape index (κ1) is 16.0. The largest absolute Gasteiger partial charge is 0.472 e. The van der Waals surface area contributed by atoms with Gasteiger partial charge in [0.25, 0.3) is 5.91 Å². The first-order valence-corrected chi connectivity index (χ1v) is 8.60. The van der Waals surface area contributed by atoms with Gasteiger partial charge in [0.15, 0.2) is 0 Å². The number of aromatic nitrogens is 1. The molecule has 0 aliphatic heterocycles. The highest BCUT2D eigenvalue weighted by molar-refractivity contribution is 7.20. The van der Waals surface area contributed by atoms with Gasteiger partial charge < -0.3 is 15.5 Å². The second-order valence-corrected chi connectivity index (χ2v) is 6.72. The van der Waals surface area contributed by atoms with Crippen LogP contribution < -0.4 is 11.1 Å². The van der Waals surface area contributed by atoms with Crippen molar-refractivity contribution in [3.63, 3.8) is 0 Å². The molecule has 0 saturated heterocycles. The predicted octanol–water partition coefficient (Wildman–Crippen LogP) is 4.14. The summed E-state index contributed by atoms with van der Waals surface area (Å²) < 4.78 is 5.98. The van der Waals surface area contributed by atoms with Gasteiger partial charge in [-0.3, -0.25) is 15.2 Å². The lowest BCUT2D eigenvalue weighted by atomic mass is 10.0. The quantitative estimate of drug-likeness (QED) is 0.375. The summed E-state index contributed by atoms with van der Waals surface area (Å²) in [6, 6.07) is 12.3. The number of carbonyl (C=O) groups is 1. The molecule has 0 saturated carbocycles. The van der Waals surface area contributed by atoms with E-state index in [2.05, 4.69) is 10.3 Å². The van der Waals surface area contributed by atoms with Crippen molar-refractivity contribution in [1.29, 1.82) is 5.41 Å². The van der Waals surface area contributed by atoms with E-state index in [1.165, 1.54) is 23.9 Å². The second-order valence-electron chi connectivity index (χ2n) is 5.64. The van der Waals surface area contributed by atoms with Crippen LogP contribution in [0.4, 0.5) is 11.4 Å². The van der Waals surface area contributed by atoms with E-state index in [0.29, 0.717) is 27.4 Å². The Morgan fingerprint density at radius 3 is 2.88 bits per heavy atom. The Morgan fingerprint density at radius 1 is 1.23 bits per heavy atom. The molecule has 26 heavy (non-hydrogen) atoms. The van der Waals surface area contributed by atoms with Crippen LogP contribution in [0.3, 0.4) is 0 Å². The van der Waals surface area contributed by atoms with Crippen molar-refractivity contribution >= 4 is 44.5 Å². The third-order valence-electron chi connectivity index (χ3n) is 3.90. The van der Waals surface area contributed by atoms with E-state index < -0.39 is 0 Å². The maximum absolute atomic E-state index is 12.6. The average molecular weight is 362 g/mol. The Kier molecular flexibility index (Phi) is 3.98. The van der Waals surface area contributed by atoms with E-state index in [1.807, 2.05) is 12.1 Å². The number of carbonyl (C=O) groups excluding carboxylic acids is 1. The minimum atomic E-state index is -0.224. The maximum Gasteiger partial charge on any atom is 0.265 e. The van der Waals surface area contributed by atoms with Gasteiger partial charge in [0.05, 0.1) is 33.3 Å². The normalized spacial score (nSPS) is 10.8. The van der Waals surface area contributed by atoms with Crippen LogP contribution in [0.2, 0.25) is 0 Å². The number of nitrogens with two attached hydrogens (primary N) is 1. The standard InChI is InChI=1S/C19H14N4O2S/c20-14-4-3-12(8-13(14)18(21)11-5-7-25-10-11)23-19(24)17-9-15-16(26-17)2-1-6-22-15/h1-10,21H,20H2,(H,23,24). The Morgan fingerprint density at radius 2 is 2.12 bits per heavy atom. The molecule has 7 heteroatoms. The monoisotopic (exact) mass is 362 g/mol. The number of nitrogens with one attached hydrogen (secondary N) is 2. The van der Waals surface area contributed by atoms with Crippen LogP contribution in [0.15, 0.2) is 65.6 Å². The summed E-state index contributed by atoms with van der Waals surface area (Å²) in [5, 5.41) is 11.1. The number of benzene rings is 1. The third kappa shape index (κ3) is 2.96. The molecule has 0 aliphatic carbocycles. The molecule has 3 aromatic heterocycles. The van der Waals surface area contributed by atoms with Gasteiger partial charge in [0.1, 0.15) is 0 Å². The number of amides is 1. The molecular weight excluding hydrogens is 348 g/mol. The van der Waals surface area contributed by atoms with Gasteiger partial charge in [-0.15, -0.1) is 11.3 Å². The Hall–Kier alpha value is -3.45. The minimum absolute atomic E-state index is 0.224. The summed E-state index contributed by atoms with van der Waals surface area (Å²) in [6.07, 6.45) is 4.68. The molecule has 6 nitrogen and oxygen atoms in total. The molecule has 4 aromatic rings.